The first-order valence-electron chi connectivity index (χ1n) is 8.71. The summed E-state index contributed by atoms with van der Waals surface area (Å²) < 4.78 is 14.2. The first kappa shape index (κ1) is 21.8. The molecule has 0 aliphatic heterocycles. The first-order valence-corrected chi connectivity index (χ1v) is 8.71. The molecule has 2 rings (SSSR count). The molecule has 3 N–H and O–H groups in total. The number of carbonyl (C=O) groups is 3. The van der Waals surface area contributed by atoms with Gasteiger partial charge in [-0.2, -0.15) is 0 Å². The van der Waals surface area contributed by atoms with Crippen LogP contribution in [0.4, 0.5) is 10.1 Å². The van der Waals surface area contributed by atoms with Crippen LogP contribution >= 0.6 is 0 Å². The predicted octanol–water partition coefficient (Wildman–Crippen LogP) is 1.25. The standard InChI is InChI=1S/C20H23FN4O4/c1-22-18(26)17(19(27)23-29)25(4)20(28)13-7-5-12(6-8-13)14-9-10-16(24(2)3)15(21)11-14/h5-11,17,29H,1-4H3,(H,22,26)(H,23,27). The molecule has 154 valence electrons. The van der Waals surface area contributed by atoms with Crippen molar-refractivity contribution >= 4 is 23.4 Å². The molecule has 0 heterocycles. The zero-order valence-electron chi connectivity index (χ0n) is 16.6. The molecule has 0 saturated heterocycles. The van der Waals surface area contributed by atoms with Gasteiger partial charge in [0.2, 0.25) is 0 Å². The van der Waals surface area contributed by atoms with E-state index in [9.17, 15) is 18.8 Å². The van der Waals surface area contributed by atoms with Crippen LogP contribution in [0.2, 0.25) is 0 Å². The Balaban J connectivity index is 2.27. The number of carbonyl (C=O) groups excluding carboxylic acids is 3. The third-order valence-corrected chi connectivity index (χ3v) is 4.46. The van der Waals surface area contributed by atoms with E-state index in [2.05, 4.69) is 5.32 Å². The van der Waals surface area contributed by atoms with Gasteiger partial charge in [0.25, 0.3) is 17.7 Å². The van der Waals surface area contributed by atoms with E-state index in [1.54, 1.807) is 43.3 Å². The Morgan fingerprint density at radius 3 is 2.03 bits per heavy atom. The maximum absolute atomic E-state index is 14.2. The van der Waals surface area contributed by atoms with Crippen molar-refractivity contribution in [1.82, 2.24) is 15.7 Å². The van der Waals surface area contributed by atoms with Gasteiger partial charge in [0, 0.05) is 33.8 Å². The SMILES string of the molecule is CNC(=O)C(C(=O)NO)N(C)C(=O)c1ccc(-c2ccc(N(C)C)c(F)c2)cc1. The van der Waals surface area contributed by atoms with Crippen LogP contribution in [0.3, 0.4) is 0 Å². The summed E-state index contributed by atoms with van der Waals surface area (Å²) >= 11 is 0. The summed E-state index contributed by atoms with van der Waals surface area (Å²) in [4.78, 5) is 39.0. The van der Waals surface area contributed by atoms with Gasteiger partial charge >= 0.3 is 0 Å². The topological polar surface area (TPSA) is 102 Å². The third-order valence-electron chi connectivity index (χ3n) is 4.46. The summed E-state index contributed by atoms with van der Waals surface area (Å²) in [6.07, 6.45) is 0. The van der Waals surface area contributed by atoms with E-state index in [4.69, 9.17) is 5.21 Å². The molecule has 0 radical (unpaired) electrons. The van der Waals surface area contributed by atoms with Crippen molar-refractivity contribution in [1.29, 1.82) is 0 Å². The van der Waals surface area contributed by atoms with E-state index in [1.807, 2.05) is 0 Å². The lowest BCUT2D eigenvalue weighted by Gasteiger charge is -2.25. The first-order chi connectivity index (χ1) is 13.7. The highest BCUT2D eigenvalue weighted by Crippen LogP contribution is 2.26. The number of rotatable bonds is 6. The quantitative estimate of drug-likeness (QED) is 0.384. The fraction of sp³-hybridized carbons (Fsp3) is 0.250. The second-order valence-corrected chi connectivity index (χ2v) is 6.55. The maximum Gasteiger partial charge on any atom is 0.275 e. The van der Waals surface area contributed by atoms with Crippen molar-refractivity contribution in [2.75, 3.05) is 33.1 Å². The molecule has 0 aliphatic rings. The highest BCUT2D eigenvalue weighted by Gasteiger charge is 2.33. The molecule has 0 aromatic heterocycles. The molecule has 2 aromatic rings. The number of benzene rings is 2. The number of hydroxylamine groups is 1. The minimum atomic E-state index is -1.54. The molecule has 8 nitrogen and oxygen atoms in total. The van der Waals surface area contributed by atoms with Crippen molar-refractivity contribution < 1.29 is 24.0 Å². The number of nitrogens with zero attached hydrogens (tertiary/aromatic N) is 2. The molecular formula is C20H23FN4O4. The molecule has 1 unspecified atom stereocenters. The number of anilines is 1. The second kappa shape index (κ2) is 9.16. The van der Waals surface area contributed by atoms with Gasteiger partial charge < -0.3 is 15.1 Å². The number of hydrogen-bond donors (Lipinski definition) is 3. The van der Waals surface area contributed by atoms with Gasteiger partial charge in [0.15, 0.2) is 6.04 Å². The average Bonchev–Trinajstić information content (AvgIpc) is 2.72. The maximum atomic E-state index is 14.2. The molecule has 0 fully saturated rings. The Bertz CT molecular complexity index is 899. The lowest BCUT2D eigenvalue weighted by Crippen LogP contribution is -2.54. The molecule has 0 aliphatic carbocycles. The van der Waals surface area contributed by atoms with E-state index in [0.29, 0.717) is 16.8 Å². The predicted molar refractivity (Wildman–Crippen MR) is 106 cm³/mol. The van der Waals surface area contributed by atoms with Gasteiger partial charge in [-0.25, -0.2) is 9.87 Å². The smallest absolute Gasteiger partial charge is 0.275 e. The summed E-state index contributed by atoms with van der Waals surface area (Å²) in [6.45, 7) is 0. The van der Waals surface area contributed by atoms with Crippen LogP contribution < -0.4 is 15.7 Å². The molecular weight excluding hydrogens is 379 g/mol. The van der Waals surface area contributed by atoms with Gasteiger partial charge in [-0.15, -0.1) is 0 Å². The van der Waals surface area contributed by atoms with Gasteiger partial charge in [-0.1, -0.05) is 18.2 Å². The number of nitrogens with one attached hydrogen (secondary N) is 2. The van der Waals surface area contributed by atoms with Gasteiger partial charge in [0.1, 0.15) is 5.82 Å². The normalized spacial score (nSPS) is 11.4. The zero-order chi connectivity index (χ0) is 21.7. The number of hydrogen-bond acceptors (Lipinski definition) is 5. The Labute approximate surface area is 167 Å². The molecule has 9 heteroatoms. The largest absolute Gasteiger partial charge is 0.375 e. The zero-order valence-corrected chi connectivity index (χ0v) is 16.6. The van der Waals surface area contributed by atoms with Crippen molar-refractivity contribution in [3.63, 3.8) is 0 Å². The van der Waals surface area contributed by atoms with Crippen molar-refractivity contribution in [3.05, 3.63) is 53.8 Å². The summed E-state index contributed by atoms with van der Waals surface area (Å²) in [6, 6.07) is 9.63. The van der Waals surface area contributed by atoms with Crippen LogP contribution in [0.25, 0.3) is 11.1 Å². The van der Waals surface area contributed by atoms with Crippen molar-refractivity contribution in [2.45, 2.75) is 6.04 Å². The van der Waals surface area contributed by atoms with Crippen LogP contribution in [0.1, 0.15) is 10.4 Å². The summed E-state index contributed by atoms with van der Waals surface area (Å²) in [5, 5.41) is 11.1. The molecule has 29 heavy (non-hydrogen) atoms. The Morgan fingerprint density at radius 2 is 1.55 bits per heavy atom. The Kier molecular flexibility index (Phi) is 6.89. The second-order valence-electron chi connectivity index (χ2n) is 6.55. The lowest BCUT2D eigenvalue weighted by atomic mass is 10.0. The minimum absolute atomic E-state index is 0.223. The number of halogens is 1. The molecule has 3 amide bonds. The van der Waals surface area contributed by atoms with Crippen LogP contribution in [0, 0.1) is 5.82 Å². The van der Waals surface area contributed by atoms with Crippen molar-refractivity contribution in [3.8, 4) is 11.1 Å². The van der Waals surface area contributed by atoms with E-state index in [1.165, 1.54) is 37.8 Å². The minimum Gasteiger partial charge on any atom is -0.375 e. The molecule has 0 spiro atoms. The average molecular weight is 402 g/mol. The third kappa shape index (κ3) is 4.69. The molecule has 0 bridgehead atoms. The van der Waals surface area contributed by atoms with Crippen LogP contribution in [0.15, 0.2) is 42.5 Å². The van der Waals surface area contributed by atoms with Gasteiger partial charge in [0.05, 0.1) is 5.69 Å². The monoisotopic (exact) mass is 402 g/mol. The van der Waals surface area contributed by atoms with E-state index < -0.39 is 23.8 Å². The lowest BCUT2D eigenvalue weighted by molar-refractivity contribution is -0.140. The fourth-order valence-corrected chi connectivity index (χ4v) is 2.84. The Morgan fingerprint density at radius 1 is 0.966 bits per heavy atom. The molecule has 2 aromatic carbocycles. The number of likely N-dealkylation sites (N-methyl/N-ethyl adjacent to an activating group) is 2. The van der Waals surface area contributed by atoms with Crippen LogP contribution in [0.5, 0.6) is 0 Å². The van der Waals surface area contributed by atoms with Crippen LogP contribution in [-0.2, 0) is 9.59 Å². The molecule has 1 atom stereocenters. The summed E-state index contributed by atoms with van der Waals surface area (Å²) in [7, 11) is 6.09. The van der Waals surface area contributed by atoms with Crippen LogP contribution in [-0.4, -0.2) is 62.1 Å². The Hall–Kier alpha value is -3.46. The highest BCUT2D eigenvalue weighted by atomic mass is 19.1. The summed E-state index contributed by atoms with van der Waals surface area (Å²) in [5.41, 5.74) is 3.41. The molecule has 0 saturated carbocycles. The van der Waals surface area contributed by atoms with E-state index in [-0.39, 0.29) is 11.4 Å². The van der Waals surface area contributed by atoms with Crippen molar-refractivity contribution in [2.24, 2.45) is 0 Å². The highest BCUT2D eigenvalue weighted by molar-refractivity contribution is 6.08. The van der Waals surface area contributed by atoms with Gasteiger partial charge in [-0.3, -0.25) is 19.6 Å². The summed E-state index contributed by atoms with van der Waals surface area (Å²) in [5.74, 6) is -2.74. The van der Waals surface area contributed by atoms with E-state index in [0.717, 1.165) is 4.90 Å². The fourth-order valence-electron chi connectivity index (χ4n) is 2.84. The van der Waals surface area contributed by atoms with Gasteiger partial charge in [-0.05, 0) is 35.4 Å². The van der Waals surface area contributed by atoms with E-state index >= 15 is 0 Å². The number of amides is 3.